The molecule has 0 saturated carbocycles. The number of hydrogen-bond donors (Lipinski definition) is 2. The topological polar surface area (TPSA) is 211 Å². The molecule has 0 fully saturated rings. The molecule has 0 unspecified atom stereocenters. The van der Waals surface area contributed by atoms with Crippen molar-refractivity contribution >= 4 is 53.0 Å². The molecule has 19 heteroatoms. The molecular formula is C55H53N5O14. The van der Waals surface area contributed by atoms with Crippen LogP contribution in [0.4, 0.5) is 22.7 Å². The van der Waals surface area contributed by atoms with Gasteiger partial charge in [-0.2, -0.15) is 0 Å². The van der Waals surface area contributed by atoms with Crippen LogP contribution in [0, 0.1) is 0 Å². The first-order valence-electron chi connectivity index (χ1n) is 24.1. The number of carbonyl (C=O) groups excluding carboxylic acids is 3. The van der Waals surface area contributed by atoms with E-state index >= 15 is 0 Å². The van der Waals surface area contributed by atoms with Crippen LogP contribution in [0.3, 0.4) is 0 Å². The van der Waals surface area contributed by atoms with Gasteiger partial charge in [-0.25, -0.2) is 4.79 Å². The molecule has 2 N–H and O–H groups in total. The zero-order chi connectivity index (χ0) is 51.1. The second-order valence-corrected chi connectivity index (χ2v) is 17.6. The summed E-state index contributed by atoms with van der Waals surface area (Å²) in [4.78, 5) is 58.0. The highest BCUT2D eigenvalue weighted by Gasteiger charge is 2.38. The van der Waals surface area contributed by atoms with Crippen LogP contribution in [-0.4, -0.2) is 118 Å². The van der Waals surface area contributed by atoms with E-state index in [0.717, 1.165) is 33.6 Å². The van der Waals surface area contributed by atoms with Crippen molar-refractivity contribution in [1.82, 2.24) is 4.73 Å². The smallest absolute Gasteiger partial charge is 0.335 e. The van der Waals surface area contributed by atoms with Crippen molar-refractivity contribution in [3.8, 4) is 40.5 Å². The number of carbonyl (C=O) groups is 3. The van der Waals surface area contributed by atoms with E-state index in [1.165, 1.54) is 26.4 Å². The summed E-state index contributed by atoms with van der Waals surface area (Å²) in [5.41, 5.74) is 7.17. The van der Waals surface area contributed by atoms with Crippen molar-refractivity contribution in [2.24, 2.45) is 9.98 Å². The molecule has 2 atom stereocenters. The molecule has 0 aliphatic carbocycles. The Balaban J connectivity index is 0.781. The van der Waals surface area contributed by atoms with Crippen LogP contribution >= 0.6 is 0 Å². The van der Waals surface area contributed by atoms with E-state index in [2.05, 4.69) is 0 Å². The number of benzene rings is 5. The molecule has 2 amide bonds. The lowest BCUT2D eigenvalue weighted by atomic mass is 10.1. The maximum atomic E-state index is 14.0. The Morgan fingerprint density at radius 3 is 1.54 bits per heavy atom. The van der Waals surface area contributed by atoms with Gasteiger partial charge in [-0.05, 0) is 64.7 Å². The lowest BCUT2D eigenvalue weighted by Crippen LogP contribution is -2.37. The fourth-order valence-electron chi connectivity index (χ4n) is 9.24. The van der Waals surface area contributed by atoms with E-state index in [-0.39, 0.29) is 76.6 Å². The molecule has 382 valence electrons. The van der Waals surface area contributed by atoms with E-state index in [0.29, 0.717) is 82.0 Å². The highest BCUT2D eigenvalue weighted by molar-refractivity contribution is 6.16. The summed E-state index contributed by atoms with van der Waals surface area (Å²) < 4.78 is 48.0. The quantitative estimate of drug-likeness (QED) is 0.0649. The zero-order valence-electron chi connectivity index (χ0n) is 40.6. The molecule has 4 aliphatic rings. The second kappa shape index (κ2) is 22.2. The standard InChI is InChI=1S/C55H53N5O14/c1-66-47-26-41-43(56-30-38-24-36-7-3-5-9-45(36)58(38)54(41)64)28-49(47)72-32-34-21-35(23-40(22-34)71-20-19-70-18-17-69-16-15-68-14-13-53(63)74-60-51(61)11-12-52(60)62)33-73-50-29-44-42(27-48(50)67-2)55(65)59-39(31-57-44)25-37-8-4-6-10-46(37)59/h3-12,21-23,26-31,38-39,61-62H,13-20,24-25,32-33H2,1-2H3/t38-,39-/m0/s1. The summed E-state index contributed by atoms with van der Waals surface area (Å²) in [6.45, 7) is 1.78. The fraction of sp³-hybridized carbons (Fsp3) is 0.291. The third-order valence-electron chi connectivity index (χ3n) is 12.8. The summed E-state index contributed by atoms with van der Waals surface area (Å²) >= 11 is 0. The minimum Gasteiger partial charge on any atom is -0.493 e. The first kappa shape index (κ1) is 49.2. The zero-order valence-corrected chi connectivity index (χ0v) is 40.6. The van der Waals surface area contributed by atoms with E-state index in [1.807, 2.05) is 79.2 Å². The highest BCUT2D eigenvalue weighted by atomic mass is 16.7. The number of ether oxygens (including phenoxy) is 8. The van der Waals surface area contributed by atoms with Gasteiger partial charge in [0.05, 0.1) is 94.9 Å². The third kappa shape index (κ3) is 10.6. The molecule has 0 radical (unpaired) electrons. The van der Waals surface area contributed by atoms with Crippen LogP contribution < -0.4 is 38.3 Å². The molecule has 0 saturated heterocycles. The summed E-state index contributed by atoms with van der Waals surface area (Å²) in [6, 6.07) is 30.2. The van der Waals surface area contributed by atoms with Crippen LogP contribution in [0.25, 0.3) is 0 Å². The predicted octanol–water partition coefficient (Wildman–Crippen LogP) is 7.12. The number of methoxy groups -OCH3 is 2. The second-order valence-electron chi connectivity index (χ2n) is 17.6. The summed E-state index contributed by atoms with van der Waals surface area (Å²) in [7, 11) is 3.05. The van der Waals surface area contributed by atoms with E-state index in [1.54, 1.807) is 34.1 Å². The molecule has 5 aromatic carbocycles. The summed E-state index contributed by atoms with van der Waals surface area (Å²) in [5, 5.41) is 19.2. The van der Waals surface area contributed by atoms with Crippen LogP contribution in [0.1, 0.15) is 49.4 Å². The van der Waals surface area contributed by atoms with Gasteiger partial charge in [0.1, 0.15) is 25.6 Å². The number of hydrogen-bond acceptors (Lipinski definition) is 16. The number of amides is 2. The van der Waals surface area contributed by atoms with E-state index < -0.39 is 17.7 Å². The van der Waals surface area contributed by atoms with E-state index in [9.17, 15) is 24.6 Å². The lowest BCUT2D eigenvalue weighted by molar-refractivity contribution is -0.146. The average Bonchev–Trinajstić information content (AvgIpc) is 4.04. The molecular weight excluding hydrogens is 955 g/mol. The Hall–Kier alpha value is -8.39. The summed E-state index contributed by atoms with van der Waals surface area (Å²) in [5.74, 6) is 0.240. The number of anilines is 2. The van der Waals surface area contributed by atoms with Crippen LogP contribution in [0.2, 0.25) is 0 Å². The molecule has 74 heavy (non-hydrogen) atoms. The monoisotopic (exact) mass is 1010 g/mol. The van der Waals surface area contributed by atoms with Gasteiger partial charge in [-0.1, -0.05) is 36.4 Å². The number of aromatic hydroxyl groups is 2. The molecule has 10 rings (SSSR count). The third-order valence-corrected chi connectivity index (χ3v) is 12.8. The molecule has 1 aromatic heterocycles. The summed E-state index contributed by atoms with van der Waals surface area (Å²) in [6.07, 6.45) is 4.87. The number of fused-ring (bicyclic) bond motifs is 8. The van der Waals surface area contributed by atoms with Crippen molar-refractivity contribution in [2.45, 2.75) is 44.6 Å². The van der Waals surface area contributed by atoms with Gasteiger partial charge in [0, 0.05) is 60.9 Å². The minimum atomic E-state index is -0.693. The first-order chi connectivity index (χ1) is 36.1. The number of para-hydroxylation sites is 2. The number of rotatable bonds is 22. The highest BCUT2D eigenvalue weighted by Crippen LogP contribution is 2.43. The SMILES string of the molecule is COc1cc2c(cc1OCc1cc(COc3cc4c(cc3OC)C(=O)N3c5ccccc5C[C@H]3C=N4)cc(OCCOCCOCCOCCC(=O)On3c(O)ccc3O)c1)N=C[C@@H]1Cc3ccccc3N1C2=O. The number of aliphatic imine (C=N–C) groups is 2. The number of nitrogens with zero attached hydrogens (tertiary/aromatic N) is 5. The molecule has 5 heterocycles. The van der Waals surface area contributed by atoms with Crippen LogP contribution in [-0.2, 0) is 45.1 Å². The Bertz CT molecular complexity index is 2950. The van der Waals surface area contributed by atoms with Crippen molar-refractivity contribution in [3.05, 3.63) is 137 Å². The maximum absolute atomic E-state index is 14.0. The molecule has 4 aliphatic heterocycles. The molecule has 6 aromatic rings. The van der Waals surface area contributed by atoms with Gasteiger partial charge < -0.3 is 52.9 Å². The average molecular weight is 1010 g/mol. The molecule has 19 nitrogen and oxygen atoms in total. The Morgan fingerprint density at radius 2 is 1.04 bits per heavy atom. The van der Waals surface area contributed by atoms with E-state index in [4.69, 9.17) is 52.7 Å². The predicted molar refractivity (Wildman–Crippen MR) is 271 cm³/mol. The maximum Gasteiger partial charge on any atom is 0.335 e. The van der Waals surface area contributed by atoms with Crippen molar-refractivity contribution in [2.75, 3.05) is 70.3 Å². The molecule has 0 bridgehead atoms. The van der Waals surface area contributed by atoms with Gasteiger partial charge in [-0.15, -0.1) is 4.73 Å². The lowest BCUT2D eigenvalue weighted by Gasteiger charge is -2.22. The Morgan fingerprint density at radius 1 is 0.568 bits per heavy atom. The van der Waals surface area contributed by atoms with Gasteiger partial charge >= 0.3 is 5.97 Å². The van der Waals surface area contributed by atoms with Crippen molar-refractivity contribution in [1.29, 1.82) is 0 Å². The normalized spacial score (nSPS) is 15.8. The van der Waals surface area contributed by atoms with Crippen LogP contribution in [0.15, 0.2) is 113 Å². The Kier molecular flexibility index (Phi) is 14.7. The number of aromatic nitrogens is 1. The van der Waals surface area contributed by atoms with Crippen molar-refractivity contribution < 1.29 is 67.3 Å². The fourth-order valence-corrected chi connectivity index (χ4v) is 9.24. The minimum absolute atomic E-state index is 0.0594. The largest absolute Gasteiger partial charge is 0.493 e. The van der Waals surface area contributed by atoms with Crippen molar-refractivity contribution in [3.63, 3.8) is 0 Å². The first-order valence-corrected chi connectivity index (χ1v) is 24.1. The van der Waals surface area contributed by atoms with Crippen LogP contribution in [0.5, 0.6) is 40.5 Å². The molecule has 0 spiro atoms. The van der Waals surface area contributed by atoms with Gasteiger partial charge in [0.15, 0.2) is 23.0 Å². The Labute approximate surface area is 425 Å². The van der Waals surface area contributed by atoms with Gasteiger partial charge in [-0.3, -0.25) is 29.4 Å². The van der Waals surface area contributed by atoms with Gasteiger partial charge in [0.2, 0.25) is 11.8 Å². The van der Waals surface area contributed by atoms with Gasteiger partial charge in [0.25, 0.3) is 11.8 Å².